The van der Waals surface area contributed by atoms with Gasteiger partial charge < -0.3 is 10.5 Å². The van der Waals surface area contributed by atoms with Crippen molar-refractivity contribution in [3.05, 3.63) is 35.4 Å². The summed E-state index contributed by atoms with van der Waals surface area (Å²) in [6.45, 7) is 1.84. The summed E-state index contributed by atoms with van der Waals surface area (Å²) >= 11 is 0. The van der Waals surface area contributed by atoms with Gasteiger partial charge in [0.2, 0.25) is 0 Å². The lowest BCUT2D eigenvalue weighted by Crippen LogP contribution is -2.12. The van der Waals surface area contributed by atoms with Gasteiger partial charge in [-0.25, -0.2) is 4.79 Å². The number of ether oxygens (including phenoxy) is 1. The molecule has 0 radical (unpaired) electrons. The molecule has 0 saturated heterocycles. The quantitative estimate of drug-likeness (QED) is 0.700. The fourth-order valence-corrected chi connectivity index (χ4v) is 1.19. The summed E-state index contributed by atoms with van der Waals surface area (Å²) in [5.74, 6) is -0.340. The van der Waals surface area contributed by atoms with Crippen molar-refractivity contribution in [1.82, 2.24) is 0 Å². The maximum Gasteiger partial charge on any atom is 0.338 e. The Labute approximate surface area is 77.5 Å². The molecule has 13 heavy (non-hydrogen) atoms. The Kier molecular flexibility index (Phi) is 3.03. The molecule has 0 amide bonds. The number of benzene rings is 1. The minimum Gasteiger partial charge on any atom is -0.465 e. The molecule has 0 aliphatic carbocycles. The van der Waals surface area contributed by atoms with Gasteiger partial charge in [0.1, 0.15) is 0 Å². The van der Waals surface area contributed by atoms with Crippen molar-refractivity contribution < 1.29 is 9.53 Å². The highest BCUT2D eigenvalue weighted by Gasteiger charge is 2.12. The van der Waals surface area contributed by atoms with Crippen LogP contribution in [0, 0.1) is 0 Å². The zero-order valence-corrected chi connectivity index (χ0v) is 7.78. The predicted molar refractivity (Wildman–Crippen MR) is 50.4 cm³/mol. The van der Waals surface area contributed by atoms with E-state index in [1.54, 1.807) is 12.1 Å². The van der Waals surface area contributed by atoms with Crippen LogP contribution in [0.5, 0.6) is 0 Å². The van der Waals surface area contributed by atoms with Crippen LogP contribution in [0.3, 0.4) is 0 Å². The van der Waals surface area contributed by atoms with Crippen LogP contribution in [0.4, 0.5) is 0 Å². The molecule has 0 unspecified atom stereocenters. The monoisotopic (exact) mass is 179 g/mol. The Morgan fingerprint density at radius 1 is 1.46 bits per heavy atom. The molecule has 3 nitrogen and oxygen atoms in total. The first-order valence-electron chi connectivity index (χ1n) is 4.09. The highest BCUT2D eigenvalue weighted by Crippen LogP contribution is 2.15. The topological polar surface area (TPSA) is 52.3 Å². The molecule has 1 aromatic rings. The zero-order valence-electron chi connectivity index (χ0n) is 7.78. The maximum atomic E-state index is 11.3. The summed E-state index contributed by atoms with van der Waals surface area (Å²) in [4.78, 5) is 11.3. The lowest BCUT2D eigenvalue weighted by molar-refractivity contribution is 0.0599. The number of methoxy groups -OCH3 is 1. The maximum absolute atomic E-state index is 11.3. The van der Waals surface area contributed by atoms with E-state index in [4.69, 9.17) is 5.73 Å². The Bertz CT molecular complexity index is 308. The molecule has 3 heteroatoms. The molecule has 0 aliphatic heterocycles. The number of carbonyl (C=O) groups excluding carboxylic acids is 1. The van der Waals surface area contributed by atoms with Crippen molar-refractivity contribution in [2.45, 2.75) is 13.0 Å². The predicted octanol–water partition coefficient (Wildman–Crippen LogP) is 1.49. The number of esters is 1. The Hall–Kier alpha value is -1.35. The minimum atomic E-state index is -0.340. The van der Waals surface area contributed by atoms with Crippen LogP contribution in [-0.4, -0.2) is 13.1 Å². The third-order valence-electron chi connectivity index (χ3n) is 1.86. The van der Waals surface area contributed by atoms with E-state index < -0.39 is 0 Å². The van der Waals surface area contributed by atoms with E-state index >= 15 is 0 Å². The SMILES string of the molecule is COC(=O)c1ccccc1[C@H](C)N. The third-order valence-corrected chi connectivity index (χ3v) is 1.86. The second-order valence-corrected chi connectivity index (χ2v) is 2.87. The van der Waals surface area contributed by atoms with Gasteiger partial charge in [-0.05, 0) is 18.6 Å². The lowest BCUT2D eigenvalue weighted by Gasteiger charge is -2.09. The first kappa shape index (κ1) is 9.74. The van der Waals surface area contributed by atoms with E-state index in [-0.39, 0.29) is 12.0 Å². The molecule has 0 aliphatic rings. The van der Waals surface area contributed by atoms with Crippen LogP contribution >= 0.6 is 0 Å². The second kappa shape index (κ2) is 4.05. The standard InChI is InChI=1S/C10H13NO2/c1-7(11)8-5-3-4-6-9(8)10(12)13-2/h3-7H,11H2,1-2H3/t7-/m0/s1. The summed E-state index contributed by atoms with van der Waals surface area (Å²) in [6, 6.07) is 7.03. The minimum absolute atomic E-state index is 0.157. The first-order valence-corrected chi connectivity index (χ1v) is 4.09. The van der Waals surface area contributed by atoms with Gasteiger partial charge in [-0.2, -0.15) is 0 Å². The molecule has 0 spiro atoms. The van der Waals surface area contributed by atoms with Crippen molar-refractivity contribution in [1.29, 1.82) is 0 Å². The number of hydrogen-bond acceptors (Lipinski definition) is 3. The normalized spacial score (nSPS) is 12.2. The molecule has 1 rings (SSSR count). The van der Waals surface area contributed by atoms with E-state index in [1.165, 1.54) is 7.11 Å². The molecule has 0 bridgehead atoms. The van der Waals surface area contributed by atoms with Gasteiger partial charge >= 0.3 is 5.97 Å². The number of carbonyl (C=O) groups is 1. The van der Waals surface area contributed by atoms with E-state index in [0.717, 1.165) is 5.56 Å². The molecule has 0 aromatic heterocycles. The Morgan fingerprint density at radius 2 is 2.08 bits per heavy atom. The van der Waals surface area contributed by atoms with Crippen LogP contribution in [-0.2, 0) is 4.74 Å². The first-order chi connectivity index (χ1) is 6.16. The summed E-state index contributed by atoms with van der Waals surface area (Å²) in [5, 5.41) is 0. The van der Waals surface area contributed by atoms with Gasteiger partial charge in [-0.1, -0.05) is 18.2 Å². The smallest absolute Gasteiger partial charge is 0.338 e. The van der Waals surface area contributed by atoms with Gasteiger partial charge in [0, 0.05) is 6.04 Å². The van der Waals surface area contributed by atoms with Crippen LogP contribution in [0.1, 0.15) is 28.9 Å². The van der Waals surface area contributed by atoms with Gasteiger partial charge in [0.15, 0.2) is 0 Å². The number of rotatable bonds is 2. The summed E-state index contributed by atoms with van der Waals surface area (Å²) < 4.78 is 4.63. The lowest BCUT2D eigenvalue weighted by atomic mass is 10.0. The van der Waals surface area contributed by atoms with Crippen molar-refractivity contribution in [3.8, 4) is 0 Å². The molecule has 0 saturated carbocycles. The number of hydrogen-bond donors (Lipinski definition) is 1. The summed E-state index contributed by atoms with van der Waals surface area (Å²) in [5.41, 5.74) is 7.06. The molecule has 1 aromatic carbocycles. The van der Waals surface area contributed by atoms with Gasteiger partial charge in [-0.3, -0.25) is 0 Å². The van der Waals surface area contributed by atoms with Crippen molar-refractivity contribution >= 4 is 5.97 Å². The zero-order chi connectivity index (χ0) is 9.84. The highest BCUT2D eigenvalue weighted by molar-refractivity contribution is 5.91. The van der Waals surface area contributed by atoms with Gasteiger partial charge in [0.05, 0.1) is 12.7 Å². The molecule has 0 fully saturated rings. The molecule has 70 valence electrons. The van der Waals surface area contributed by atoms with Crippen LogP contribution in [0.25, 0.3) is 0 Å². The van der Waals surface area contributed by atoms with Crippen molar-refractivity contribution in [2.24, 2.45) is 5.73 Å². The molecule has 2 N–H and O–H groups in total. The molecule has 1 atom stereocenters. The largest absolute Gasteiger partial charge is 0.465 e. The van der Waals surface area contributed by atoms with Gasteiger partial charge in [-0.15, -0.1) is 0 Å². The van der Waals surface area contributed by atoms with Crippen LogP contribution < -0.4 is 5.73 Å². The van der Waals surface area contributed by atoms with Crippen LogP contribution in [0.2, 0.25) is 0 Å². The third kappa shape index (κ3) is 2.06. The van der Waals surface area contributed by atoms with Gasteiger partial charge in [0.25, 0.3) is 0 Å². The van der Waals surface area contributed by atoms with E-state index in [9.17, 15) is 4.79 Å². The van der Waals surface area contributed by atoms with E-state index in [1.807, 2.05) is 19.1 Å². The Balaban J connectivity index is 3.12. The molecular weight excluding hydrogens is 166 g/mol. The van der Waals surface area contributed by atoms with Crippen molar-refractivity contribution in [2.75, 3.05) is 7.11 Å². The highest BCUT2D eigenvalue weighted by atomic mass is 16.5. The molecular formula is C10H13NO2. The van der Waals surface area contributed by atoms with Crippen LogP contribution in [0.15, 0.2) is 24.3 Å². The summed E-state index contributed by atoms with van der Waals surface area (Å²) in [6.07, 6.45) is 0. The average Bonchev–Trinajstić information content (AvgIpc) is 2.16. The Morgan fingerprint density at radius 3 is 2.62 bits per heavy atom. The van der Waals surface area contributed by atoms with E-state index in [0.29, 0.717) is 5.56 Å². The summed E-state index contributed by atoms with van der Waals surface area (Å²) in [7, 11) is 1.36. The fraction of sp³-hybridized carbons (Fsp3) is 0.300. The van der Waals surface area contributed by atoms with Crippen molar-refractivity contribution in [3.63, 3.8) is 0 Å². The number of nitrogens with two attached hydrogens (primary N) is 1. The average molecular weight is 179 g/mol. The molecule has 0 heterocycles. The van der Waals surface area contributed by atoms with E-state index in [2.05, 4.69) is 4.74 Å². The second-order valence-electron chi connectivity index (χ2n) is 2.87. The fourth-order valence-electron chi connectivity index (χ4n) is 1.19.